The van der Waals surface area contributed by atoms with Crippen molar-refractivity contribution in [1.29, 1.82) is 0 Å². The van der Waals surface area contributed by atoms with Crippen LogP contribution in [0.5, 0.6) is 0 Å². The average molecular weight is 308 g/mol. The van der Waals surface area contributed by atoms with Gasteiger partial charge in [-0.1, -0.05) is 0 Å². The molecule has 0 radical (unpaired) electrons. The molecule has 1 aliphatic carbocycles. The summed E-state index contributed by atoms with van der Waals surface area (Å²) in [5.74, 6) is -0.591. The molecule has 0 unspecified atom stereocenters. The Morgan fingerprint density at radius 2 is 1.86 bits per heavy atom. The van der Waals surface area contributed by atoms with E-state index < -0.39 is 17.8 Å². The van der Waals surface area contributed by atoms with Crippen LogP contribution in [0.3, 0.4) is 0 Å². The summed E-state index contributed by atoms with van der Waals surface area (Å²) in [6, 6.07) is 2.61. The lowest BCUT2D eigenvalue weighted by Gasteiger charge is -2.14. The van der Waals surface area contributed by atoms with Gasteiger partial charge in [-0.3, -0.25) is 4.79 Å². The molecule has 0 atom stereocenters. The van der Waals surface area contributed by atoms with Crippen LogP contribution < -0.4 is 5.32 Å². The van der Waals surface area contributed by atoms with E-state index in [-0.39, 0.29) is 17.3 Å². The van der Waals surface area contributed by atoms with Crippen LogP contribution in [0.15, 0.2) is 30.9 Å². The van der Waals surface area contributed by atoms with Gasteiger partial charge in [0.2, 0.25) is 5.91 Å². The molecular formula is C14H11F3N4O. The summed E-state index contributed by atoms with van der Waals surface area (Å²) in [5, 5.41) is 2.31. The monoisotopic (exact) mass is 308 g/mol. The predicted octanol–water partition coefficient (Wildman–Crippen LogP) is 2.91. The number of halogens is 3. The number of carbonyl (C=O) groups excluding carboxylic acids is 1. The fourth-order valence-electron chi connectivity index (χ4n) is 1.95. The molecule has 0 aromatic carbocycles. The Labute approximate surface area is 123 Å². The van der Waals surface area contributed by atoms with E-state index in [1.807, 2.05) is 0 Å². The van der Waals surface area contributed by atoms with Gasteiger partial charge in [0.1, 0.15) is 6.33 Å². The summed E-state index contributed by atoms with van der Waals surface area (Å²) >= 11 is 0. The third kappa shape index (κ3) is 3.05. The Morgan fingerprint density at radius 3 is 2.45 bits per heavy atom. The molecule has 1 aliphatic rings. The molecule has 3 rings (SSSR count). The largest absolute Gasteiger partial charge is 0.435 e. The molecule has 5 nitrogen and oxygen atoms in total. The van der Waals surface area contributed by atoms with Gasteiger partial charge < -0.3 is 5.32 Å². The normalized spacial score (nSPS) is 14.7. The summed E-state index contributed by atoms with van der Waals surface area (Å²) < 4.78 is 39.5. The standard InChI is InChI=1S/C14H11F3N4O/c15-14(16,17)12-11(21-13(22)8-1-2-8)4-3-10(20-12)9-5-18-7-19-6-9/h3-8H,1-2H2,(H,21,22). The summed E-state index contributed by atoms with van der Waals surface area (Å²) in [7, 11) is 0. The molecule has 1 N–H and O–H groups in total. The molecule has 2 aromatic heterocycles. The zero-order chi connectivity index (χ0) is 15.7. The minimum atomic E-state index is -4.67. The van der Waals surface area contributed by atoms with Gasteiger partial charge in [-0.25, -0.2) is 15.0 Å². The van der Waals surface area contributed by atoms with Crippen molar-refractivity contribution in [1.82, 2.24) is 15.0 Å². The topological polar surface area (TPSA) is 67.8 Å². The number of amides is 1. The highest BCUT2D eigenvalue weighted by Gasteiger charge is 2.38. The molecule has 0 saturated heterocycles. The van der Waals surface area contributed by atoms with Crippen molar-refractivity contribution in [3.8, 4) is 11.3 Å². The zero-order valence-corrected chi connectivity index (χ0v) is 11.3. The van der Waals surface area contributed by atoms with Crippen LogP contribution in [-0.2, 0) is 11.0 Å². The van der Waals surface area contributed by atoms with Crippen LogP contribution in [0.1, 0.15) is 18.5 Å². The maximum atomic E-state index is 13.2. The van der Waals surface area contributed by atoms with Crippen LogP contribution in [0.2, 0.25) is 0 Å². The number of rotatable bonds is 3. The second-order valence-corrected chi connectivity index (χ2v) is 4.98. The number of hydrogen-bond donors (Lipinski definition) is 1. The van der Waals surface area contributed by atoms with E-state index in [0.29, 0.717) is 18.4 Å². The summed E-state index contributed by atoms with van der Waals surface area (Å²) in [6.07, 6.45) is 0.770. The first-order chi connectivity index (χ1) is 10.4. The van der Waals surface area contributed by atoms with Crippen LogP contribution in [0, 0.1) is 5.92 Å². The minimum absolute atomic E-state index is 0.0948. The van der Waals surface area contributed by atoms with E-state index in [2.05, 4.69) is 20.3 Å². The Morgan fingerprint density at radius 1 is 1.18 bits per heavy atom. The molecule has 22 heavy (non-hydrogen) atoms. The van der Waals surface area contributed by atoms with E-state index in [4.69, 9.17) is 0 Å². The number of alkyl halides is 3. The number of anilines is 1. The van der Waals surface area contributed by atoms with Crippen molar-refractivity contribution < 1.29 is 18.0 Å². The molecule has 0 bridgehead atoms. The predicted molar refractivity (Wildman–Crippen MR) is 71.6 cm³/mol. The smallest absolute Gasteiger partial charge is 0.324 e. The van der Waals surface area contributed by atoms with Gasteiger partial charge in [0.05, 0.1) is 11.4 Å². The van der Waals surface area contributed by atoms with Gasteiger partial charge in [0.25, 0.3) is 0 Å². The first-order valence-electron chi connectivity index (χ1n) is 6.59. The van der Waals surface area contributed by atoms with E-state index in [9.17, 15) is 18.0 Å². The molecule has 0 spiro atoms. The van der Waals surface area contributed by atoms with Gasteiger partial charge in [0, 0.05) is 23.9 Å². The van der Waals surface area contributed by atoms with Crippen LogP contribution in [0.25, 0.3) is 11.3 Å². The van der Waals surface area contributed by atoms with Crippen LogP contribution in [-0.4, -0.2) is 20.9 Å². The molecular weight excluding hydrogens is 297 g/mol. The van der Waals surface area contributed by atoms with Crippen molar-refractivity contribution in [2.24, 2.45) is 5.92 Å². The quantitative estimate of drug-likeness (QED) is 0.946. The summed E-state index contributed by atoms with van der Waals surface area (Å²) in [5.41, 5.74) is -0.988. The highest BCUT2D eigenvalue weighted by Crippen LogP contribution is 2.36. The van der Waals surface area contributed by atoms with Crippen molar-refractivity contribution in [3.05, 3.63) is 36.5 Å². The van der Waals surface area contributed by atoms with Crippen molar-refractivity contribution in [3.63, 3.8) is 0 Å². The Bertz CT molecular complexity index is 699. The maximum absolute atomic E-state index is 13.2. The molecule has 0 aliphatic heterocycles. The fourth-order valence-corrected chi connectivity index (χ4v) is 1.95. The molecule has 1 fully saturated rings. The van der Waals surface area contributed by atoms with Gasteiger partial charge in [-0.2, -0.15) is 13.2 Å². The Hall–Kier alpha value is -2.51. The van der Waals surface area contributed by atoms with E-state index in [1.165, 1.54) is 30.9 Å². The molecule has 8 heteroatoms. The highest BCUT2D eigenvalue weighted by molar-refractivity contribution is 5.94. The zero-order valence-electron chi connectivity index (χ0n) is 11.3. The number of nitrogens with zero attached hydrogens (tertiary/aromatic N) is 3. The van der Waals surface area contributed by atoms with Crippen LogP contribution in [0.4, 0.5) is 18.9 Å². The second kappa shape index (κ2) is 5.36. The number of carbonyl (C=O) groups is 1. The minimum Gasteiger partial charge on any atom is -0.324 e. The Balaban J connectivity index is 1.98. The molecule has 2 aromatic rings. The lowest BCUT2D eigenvalue weighted by atomic mass is 10.2. The number of aromatic nitrogens is 3. The lowest BCUT2D eigenvalue weighted by Crippen LogP contribution is -2.19. The molecule has 114 valence electrons. The molecule has 2 heterocycles. The van der Waals surface area contributed by atoms with Crippen LogP contribution >= 0.6 is 0 Å². The maximum Gasteiger partial charge on any atom is 0.435 e. The number of nitrogens with one attached hydrogen (secondary N) is 1. The summed E-state index contributed by atoms with van der Waals surface area (Å²) in [4.78, 5) is 22.8. The van der Waals surface area contributed by atoms with Gasteiger partial charge in [-0.15, -0.1) is 0 Å². The van der Waals surface area contributed by atoms with Gasteiger partial charge >= 0.3 is 6.18 Å². The van der Waals surface area contributed by atoms with Crippen molar-refractivity contribution in [2.45, 2.75) is 19.0 Å². The first kappa shape index (κ1) is 14.4. The van der Waals surface area contributed by atoms with E-state index in [0.717, 1.165) is 0 Å². The first-order valence-corrected chi connectivity index (χ1v) is 6.59. The second-order valence-electron chi connectivity index (χ2n) is 4.98. The fraction of sp³-hybridized carbons (Fsp3) is 0.286. The van der Waals surface area contributed by atoms with Gasteiger partial charge in [-0.05, 0) is 25.0 Å². The third-order valence-corrected chi connectivity index (χ3v) is 3.23. The molecule has 1 amide bonds. The SMILES string of the molecule is O=C(Nc1ccc(-c2cncnc2)nc1C(F)(F)F)C1CC1. The highest BCUT2D eigenvalue weighted by atomic mass is 19.4. The summed E-state index contributed by atoms with van der Waals surface area (Å²) in [6.45, 7) is 0. The molecule has 1 saturated carbocycles. The average Bonchev–Trinajstić information content (AvgIpc) is 3.32. The number of hydrogen-bond acceptors (Lipinski definition) is 4. The van der Waals surface area contributed by atoms with E-state index in [1.54, 1.807) is 0 Å². The van der Waals surface area contributed by atoms with Crippen molar-refractivity contribution in [2.75, 3.05) is 5.32 Å². The Kier molecular flexibility index (Phi) is 3.51. The third-order valence-electron chi connectivity index (χ3n) is 3.23. The number of pyridine rings is 1. The lowest BCUT2D eigenvalue weighted by molar-refractivity contribution is -0.140. The van der Waals surface area contributed by atoms with Crippen molar-refractivity contribution >= 4 is 11.6 Å². The van der Waals surface area contributed by atoms with E-state index >= 15 is 0 Å². The van der Waals surface area contributed by atoms with Gasteiger partial charge in [0.15, 0.2) is 5.69 Å².